The van der Waals surface area contributed by atoms with E-state index >= 15 is 0 Å². The first-order valence-electron chi connectivity index (χ1n) is 9.69. The van der Waals surface area contributed by atoms with Crippen LogP contribution in [0.25, 0.3) is 0 Å². The van der Waals surface area contributed by atoms with Crippen LogP contribution in [0.3, 0.4) is 0 Å². The van der Waals surface area contributed by atoms with E-state index in [-0.39, 0.29) is 23.6 Å². The molecule has 0 atom stereocenters. The van der Waals surface area contributed by atoms with Crippen LogP contribution >= 0.6 is 0 Å². The van der Waals surface area contributed by atoms with Gasteiger partial charge in [-0.25, -0.2) is 17.5 Å². The summed E-state index contributed by atoms with van der Waals surface area (Å²) in [5.41, 5.74) is 4.29. The highest BCUT2D eigenvalue weighted by Crippen LogP contribution is 2.31. The molecule has 0 bridgehead atoms. The first-order valence-corrected chi connectivity index (χ1v) is 11.2. The standard InChI is InChI=1S/C20H22FN3O7S/c21-14-2-4-15(5-3-14)31-13-20(26)24-23-19(25)8-9-22-32(27,28)16-6-7-17-18(12-16)30-11-1-10-29-17/h2-7,12,22H,1,8-11,13H2,(H,23,25)(H,24,26). The lowest BCUT2D eigenvalue weighted by molar-refractivity contribution is -0.129. The van der Waals surface area contributed by atoms with E-state index < -0.39 is 34.3 Å². The van der Waals surface area contributed by atoms with Gasteiger partial charge in [0, 0.05) is 25.5 Å². The van der Waals surface area contributed by atoms with E-state index in [1.54, 1.807) is 0 Å². The lowest BCUT2D eigenvalue weighted by atomic mass is 10.3. The number of carbonyl (C=O) groups is 2. The lowest BCUT2D eigenvalue weighted by Crippen LogP contribution is -2.44. The number of nitrogens with one attached hydrogen (secondary N) is 3. The summed E-state index contributed by atoms with van der Waals surface area (Å²) in [7, 11) is -3.87. The number of halogens is 1. The number of benzene rings is 2. The van der Waals surface area contributed by atoms with Gasteiger partial charge in [-0.1, -0.05) is 0 Å². The summed E-state index contributed by atoms with van der Waals surface area (Å²) in [6.45, 7) is 0.319. The molecular weight excluding hydrogens is 445 g/mol. The van der Waals surface area contributed by atoms with E-state index in [1.165, 1.54) is 42.5 Å². The molecule has 0 fully saturated rings. The Bertz CT molecular complexity index is 1060. The van der Waals surface area contributed by atoms with E-state index in [0.717, 1.165) is 0 Å². The summed E-state index contributed by atoms with van der Waals surface area (Å²) in [5, 5.41) is 0. The van der Waals surface area contributed by atoms with Crippen molar-refractivity contribution < 1.29 is 36.6 Å². The van der Waals surface area contributed by atoms with Gasteiger partial charge in [0.1, 0.15) is 11.6 Å². The molecule has 0 unspecified atom stereocenters. The fourth-order valence-electron chi connectivity index (χ4n) is 2.61. The van der Waals surface area contributed by atoms with E-state index in [1.807, 2.05) is 0 Å². The molecule has 10 nitrogen and oxygen atoms in total. The van der Waals surface area contributed by atoms with Crippen molar-refractivity contribution in [3.05, 3.63) is 48.3 Å². The van der Waals surface area contributed by atoms with Gasteiger partial charge in [0.2, 0.25) is 15.9 Å². The molecule has 1 heterocycles. The SMILES string of the molecule is O=C(CCNS(=O)(=O)c1ccc2c(c1)OCCCO2)NNC(=O)COc1ccc(F)cc1. The van der Waals surface area contributed by atoms with Gasteiger partial charge in [0.25, 0.3) is 5.91 Å². The zero-order chi connectivity index (χ0) is 23.0. The fraction of sp³-hybridized carbons (Fsp3) is 0.300. The number of hydrogen-bond acceptors (Lipinski definition) is 7. The molecule has 1 aliphatic rings. The maximum absolute atomic E-state index is 12.8. The Labute approximate surface area is 184 Å². The van der Waals surface area contributed by atoms with Crippen LogP contribution in [-0.2, 0) is 19.6 Å². The number of ether oxygens (including phenoxy) is 3. The van der Waals surface area contributed by atoms with Crippen molar-refractivity contribution in [3.8, 4) is 17.2 Å². The predicted octanol–water partition coefficient (Wildman–Crippen LogP) is 0.882. The summed E-state index contributed by atoms with van der Waals surface area (Å²) in [6.07, 6.45) is 0.474. The molecule has 172 valence electrons. The number of hydrazine groups is 1. The molecule has 0 saturated heterocycles. The number of sulfonamides is 1. The van der Waals surface area contributed by atoms with Gasteiger partial charge in [-0.05, 0) is 36.4 Å². The van der Waals surface area contributed by atoms with Gasteiger partial charge < -0.3 is 14.2 Å². The van der Waals surface area contributed by atoms with E-state index in [0.29, 0.717) is 31.1 Å². The second-order valence-corrected chi connectivity index (χ2v) is 8.41. The lowest BCUT2D eigenvalue weighted by Gasteiger charge is -2.11. The Balaban J connectivity index is 1.39. The first kappa shape index (κ1) is 23.3. The minimum Gasteiger partial charge on any atom is -0.490 e. The number of hydrogen-bond donors (Lipinski definition) is 3. The third-order valence-electron chi connectivity index (χ3n) is 4.20. The monoisotopic (exact) mass is 467 g/mol. The van der Waals surface area contributed by atoms with Gasteiger partial charge >= 0.3 is 0 Å². The van der Waals surface area contributed by atoms with Crippen LogP contribution in [0.15, 0.2) is 47.4 Å². The van der Waals surface area contributed by atoms with Crippen LogP contribution in [0.2, 0.25) is 0 Å². The molecule has 1 aliphatic heterocycles. The van der Waals surface area contributed by atoms with Crippen LogP contribution in [0.4, 0.5) is 4.39 Å². The highest BCUT2D eigenvalue weighted by molar-refractivity contribution is 7.89. The molecule has 0 radical (unpaired) electrons. The van der Waals surface area contributed by atoms with Crippen LogP contribution in [0, 0.1) is 5.82 Å². The van der Waals surface area contributed by atoms with Crippen molar-refractivity contribution in [2.75, 3.05) is 26.4 Å². The van der Waals surface area contributed by atoms with Crippen LogP contribution in [0.1, 0.15) is 12.8 Å². The molecule has 32 heavy (non-hydrogen) atoms. The van der Waals surface area contributed by atoms with Gasteiger partial charge in [-0.2, -0.15) is 0 Å². The summed E-state index contributed by atoms with van der Waals surface area (Å²) < 4.78 is 56.1. The van der Waals surface area contributed by atoms with Crippen molar-refractivity contribution in [1.82, 2.24) is 15.6 Å². The molecule has 0 spiro atoms. The van der Waals surface area contributed by atoms with E-state index in [4.69, 9.17) is 14.2 Å². The number of amides is 2. The highest BCUT2D eigenvalue weighted by Gasteiger charge is 2.19. The zero-order valence-corrected chi connectivity index (χ0v) is 17.7. The smallest absolute Gasteiger partial charge is 0.276 e. The van der Waals surface area contributed by atoms with Crippen molar-refractivity contribution in [2.45, 2.75) is 17.7 Å². The molecule has 0 aliphatic carbocycles. The molecule has 0 saturated carbocycles. The third kappa shape index (κ3) is 6.82. The van der Waals surface area contributed by atoms with Gasteiger partial charge in [0.15, 0.2) is 18.1 Å². The third-order valence-corrected chi connectivity index (χ3v) is 5.66. The number of rotatable bonds is 8. The van der Waals surface area contributed by atoms with Crippen molar-refractivity contribution in [1.29, 1.82) is 0 Å². The second-order valence-electron chi connectivity index (χ2n) is 6.65. The van der Waals surface area contributed by atoms with Crippen LogP contribution < -0.4 is 29.8 Å². The number of carbonyl (C=O) groups excluding carboxylic acids is 2. The molecule has 2 amide bonds. The van der Waals surface area contributed by atoms with Crippen LogP contribution in [0.5, 0.6) is 17.2 Å². The van der Waals surface area contributed by atoms with E-state index in [2.05, 4.69) is 15.6 Å². The summed E-state index contributed by atoms with van der Waals surface area (Å²) in [6, 6.07) is 9.35. The van der Waals surface area contributed by atoms with Crippen molar-refractivity contribution >= 4 is 21.8 Å². The fourth-order valence-corrected chi connectivity index (χ4v) is 3.66. The Hall–Kier alpha value is -3.38. The average molecular weight is 467 g/mol. The maximum Gasteiger partial charge on any atom is 0.276 e. The second kappa shape index (κ2) is 10.8. The molecule has 0 aromatic heterocycles. The van der Waals surface area contributed by atoms with Crippen LogP contribution in [-0.4, -0.2) is 46.6 Å². The van der Waals surface area contributed by atoms with Gasteiger partial charge in [-0.15, -0.1) is 0 Å². The summed E-state index contributed by atoms with van der Waals surface area (Å²) >= 11 is 0. The minimum atomic E-state index is -3.87. The number of fused-ring (bicyclic) bond motifs is 1. The van der Waals surface area contributed by atoms with Gasteiger partial charge in [0.05, 0.1) is 18.1 Å². The molecule has 2 aromatic carbocycles. The Morgan fingerprint density at radius 2 is 1.66 bits per heavy atom. The quantitative estimate of drug-likeness (QED) is 0.491. The summed E-state index contributed by atoms with van der Waals surface area (Å²) in [4.78, 5) is 23.5. The molecule has 12 heteroatoms. The average Bonchev–Trinajstić information content (AvgIpc) is 3.02. The normalized spacial score (nSPS) is 13.0. The molecular formula is C20H22FN3O7S. The zero-order valence-electron chi connectivity index (χ0n) is 16.9. The summed E-state index contributed by atoms with van der Waals surface area (Å²) in [5.74, 6) is -0.586. The molecule has 3 rings (SSSR count). The Kier molecular flexibility index (Phi) is 7.84. The van der Waals surface area contributed by atoms with Crippen molar-refractivity contribution in [3.63, 3.8) is 0 Å². The molecule has 3 N–H and O–H groups in total. The van der Waals surface area contributed by atoms with E-state index in [9.17, 15) is 22.4 Å². The molecule has 2 aromatic rings. The Morgan fingerprint density at radius 3 is 2.41 bits per heavy atom. The first-order chi connectivity index (χ1) is 15.3. The largest absolute Gasteiger partial charge is 0.490 e. The van der Waals surface area contributed by atoms with Crippen molar-refractivity contribution in [2.24, 2.45) is 0 Å². The predicted molar refractivity (Wildman–Crippen MR) is 110 cm³/mol. The van der Waals surface area contributed by atoms with Gasteiger partial charge in [-0.3, -0.25) is 20.4 Å². The minimum absolute atomic E-state index is 0.0200. The Morgan fingerprint density at radius 1 is 0.969 bits per heavy atom. The maximum atomic E-state index is 12.8. The topological polar surface area (TPSA) is 132 Å². The highest BCUT2D eigenvalue weighted by atomic mass is 32.2.